The highest BCUT2D eigenvalue weighted by atomic mass is 16.5. The van der Waals surface area contributed by atoms with Gasteiger partial charge in [-0.2, -0.15) is 0 Å². The molecule has 0 atom stereocenters. The minimum Gasteiger partial charge on any atom is -0.494 e. The number of hydrogen-bond acceptors (Lipinski definition) is 4. The molecule has 0 fully saturated rings. The van der Waals surface area contributed by atoms with Crippen LogP contribution in [0.25, 0.3) is 5.57 Å². The van der Waals surface area contributed by atoms with Gasteiger partial charge in [0.15, 0.2) is 0 Å². The van der Waals surface area contributed by atoms with Crippen molar-refractivity contribution >= 4 is 23.1 Å². The molecule has 5 nitrogen and oxygen atoms in total. The van der Waals surface area contributed by atoms with Crippen molar-refractivity contribution in [2.45, 2.75) is 40.7 Å². The zero-order valence-corrected chi connectivity index (χ0v) is 20.1. The molecule has 0 saturated carbocycles. The van der Waals surface area contributed by atoms with Gasteiger partial charge in [-0.05, 0) is 67.6 Å². The maximum atomic E-state index is 13.6. The average Bonchev–Trinajstić information content (AvgIpc) is 3.06. The van der Waals surface area contributed by atoms with Crippen LogP contribution in [0.1, 0.15) is 41.2 Å². The fraction of sp³-hybridized carbons (Fsp3) is 0.241. The summed E-state index contributed by atoms with van der Waals surface area (Å²) in [5.74, 6) is 0.108. The van der Waals surface area contributed by atoms with Crippen LogP contribution in [0.2, 0.25) is 0 Å². The van der Waals surface area contributed by atoms with Gasteiger partial charge in [0, 0.05) is 5.69 Å². The molecule has 0 spiro atoms. The maximum Gasteiger partial charge on any atom is 0.278 e. The van der Waals surface area contributed by atoms with Crippen molar-refractivity contribution in [1.82, 2.24) is 4.90 Å². The third kappa shape index (κ3) is 4.88. The van der Waals surface area contributed by atoms with Gasteiger partial charge in [-0.3, -0.25) is 14.5 Å². The van der Waals surface area contributed by atoms with Crippen LogP contribution in [0.5, 0.6) is 5.75 Å². The Labute approximate surface area is 201 Å². The molecule has 5 heteroatoms. The number of imide groups is 1. The molecule has 0 aliphatic carbocycles. The van der Waals surface area contributed by atoms with Crippen LogP contribution in [0.15, 0.2) is 72.4 Å². The van der Waals surface area contributed by atoms with E-state index in [0.717, 1.165) is 40.1 Å². The molecule has 3 aromatic carbocycles. The predicted octanol–water partition coefficient (Wildman–Crippen LogP) is 5.79. The lowest BCUT2D eigenvalue weighted by molar-refractivity contribution is -0.137. The van der Waals surface area contributed by atoms with Gasteiger partial charge in [0.2, 0.25) is 0 Å². The van der Waals surface area contributed by atoms with Gasteiger partial charge in [0.25, 0.3) is 11.8 Å². The first-order valence-electron chi connectivity index (χ1n) is 11.6. The highest BCUT2D eigenvalue weighted by Gasteiger charge is 2.39. The molecule has 1 aliphatic rings. The van der Waals surface area contributed by atoms with Crippen molar-refractivity contribution in [3.05, 3.63) is 100 Å². The average molecular weight is 455 g/mol. The highest BCUT2D eigenvalue weighted by Crippen LogP contribution is 2.33. The van der Waals surface area contributed by atoms with E-state index in [1.54, 1.807) is 0 Å². The minimum atomic E-state index is -0.326. The monoisotopic (exact) mass is 454 g/mol. The number of carbonyl (C=O) groups excluding carboxylic acids is 2. The summed E-state index contributed by atoms with van der Waals surface area (Å²) in [4.78, 5) is 28.4. The van der Waals surface area contributed by atoms with Crippen LogP contribution in [0, 0.1) is 20.8 Å². The Balaban J connectivity index is 1.72. The second-order valence-corrected chi connectivity index (χ2v) is 8.75. The molecule has 0 unspecified atom stereocenters. The number of rotatable bonds is 8. The molecule has 1 aliphatic heterocycles. The maximum absolute atomic E-state index is 13.6. The third-order valence-corrected chi connectivity index (χ3v) is 5.90. The Morgan fingerprint density at radius 3 is 2.18 bits per heavy atom. The molecule has 2 amide bonds. The van der Waals surface area contributed by atoms with E-state index in [4.69, 9.17) is 4.74 Å². The van der Waals surface area contributed by atoms with Crippen molar-refractivity contribution in [3.8, 4) is 5.75 Å². The summed E-state index contributed by atoms with van der Waals surface area (Å²) < 4.78 is 5.69. The molecule has 174 valence electrons. The van der Waals surface area contributed by atoms with Gasteiger partial charge in [0.05, 0.1) is 18.7 Å². The number of nitrogens with one attached hydrogen (secondary N) is 1. The number of hydrogen-bond donors (Lipinski definition) is 1. The fourth-order valence-electron chi connectivity index (χ4n) is 3.92. The number of carbonyl (C=O) groups is 2. The minimum absolute atomic E-state index is 0.219. The molecule has 1 N–H and O–H groups in total. The Morgan fingerprint density at radius 1 is 0.824 bits per heavy atom. The van der Waals surface area contributed by atoms with Gasteiger partial charge < -0.3 is 10.1 Å². The van der Waals surface area contributed by atoms with E-state index in [-0.39, 0.29) is 18.4 Å². The summed E-state index contributed by atoms with van der Waals surface area (Å²) in [6.07, 6.45) is 0.914. The predicted molar refractivity (Wildman–Crippen MR) is 135 cm³/mol. The first-order valence-corrected chi connectivity index (χ1v) is 11.6. The van der Waals surface area contributed by atoms with E-state index in [0.29, 0.717) is 23.4 Å². The standard InChI is InChI=1S/C29H30N2O3/c1-5-16-34-24-14-12-23(13-15-24)26-27(30-25-17-20(3)6-9-21(25)4)29(33)31(28(26)32)18-22-10-7-19(2)8-11-22/h6-15,17,30H,5,16,18H2,1-4H3. The number of ether oxygens (including phenoxy) is 1. The molecule has 0 radical (unpaired) electrons. The van der Waals surface area contributed by atoms with Crippen LogP contribution in [-0.2, 0) is 16.1 Å². The fourth-order valence-corrected chi connectivity index (χ4v) is 3.92. The summed E-state index contributed by atoms with van der Waals surface area (Å²) in [5.41, 5.74) is 6.27. The van der Waals surface area contributed by atoms with Gasteiger partial charge in [0.1, 0.15) is 11.4 Å². The van der Waals surface area contributed by atoms with E-state index in [1.807, 2.05) is 87.5 Å². The SMILES string of the molecule is CCCOc1ccc(C2=C(Nc3cc(C)ccc3C)C(=O)N(Cc3ccc(C)cc3)C2=O)cc1. The summed E-state index contributed by atoms with van der Waals surface area (Å²) in [6.45, 7) is 8.89. The van der Waals surface area contributed by atoms with Crippen LogP contribution in [-0.4, -0.2) is 23.3 Å². The Kier molecular flexibility index (Phi) is 6.82. The van der Waals surface area contributed by atoms with Gasteiger partial charge in [-0.15, -0.1) is 0 Å². The molecule has 0 aromatic heterocycles. The second-order valence-electron chi connectivity index (χ2n) is 8.75. The summed E-state index contributed by atoms with van der Waals surface area (Å²) in [7, 11) is 0. The van der Waals surface area contributed by atoms with E-state index in [1.165, 1.54) is 4.90 Å². The number of nitrogens with zero attached hydrogens (tertiary/aromatic N) is 1. The zero-order chi connectivity index (χ0) is 24.2. The molecule has 3 aromatic rings. The van der Waals surface area contributed by atoms with E-state index < -0.39 is 0 Å². The van der Waals surface area contributed by atoms with Crippen LogP contribution in [0.4, 0.5) is 5.69 Å². The molecule has 0 saturated heterocycles. The first-order chi connectivity index (χ1) is 16.4. The van der Waals surface area contributed by atoms with E-state index >= 15 is 0 Å². The van der Waals surface area contributed by atoms with Crippen LogP contribution in [0.3, 0.4) is 0 Å². The lowest BCUT2D eigenvalue weighted by Gasteiger charge is -2.16. The first kappa shape index (κ1) is 23.3. The quantitative estimate of drug-likeness (QED) is 0.438. The van der Waals surface area contributed by atoms with Crippen LogP contribution < -0.4 is 10.1 Å². The molecule has 1 heterocycles. The summed E-state index contributed by atoms with van der Waals surface area (Å²) >= 11 is 0. The van der Waals surface area contributed by atoms with Crippen molar-refractivity contribution in [2.75, 3.05) is 11.9 Å². The Morgan fingerprint density at radius 2 is 1.50 bits per heavy atom. The lowest BCUT2D eigenvalue weighted by atomic mass is 10.0. The largest absolute Gasteiger partial charge is 0.494 e. The normalized spacial score (nSPS) is 13.6. The molecular weight excluding hydrogens is 424 g/mol. The number of amides is 2. The number of anilines is 1. The topological polar surface area (TPSA) is 58.6 Å². The Hall–Kier alpha value is -3.86. The lowest BCUT2D eigenvalue weighted by Crippen LogP contribution is -2.32. The molecular formula is C29H30N2O3. The van der Waals surface area contributed by atoms with E-state index in [2.05, 4.69) is 12.2 Å². The van der Waals surface area contributed by atoms with Crippen molar-refractivity contribution in [2.24, 2.45) is 0 Å². The van der Waals surface area contributed by atoms with Crippen LogP contribution >= 0.6 is 0 Å². The smallest absolute Gasteiger partial charge is 0.278 e. The molecule has 34 heavy (non-hydrogen) atoms. The molecule has 0 bridgehead atoms. The molecule has 4 rings (SSSR count). The van der Waals surface area contributed by atoms with E-state index in [9.17, 15) is 9.59 Å². The summed E-state index contributed by atoms with van der Waals surface area (Å²) in [6, 6.07) is 21.2. The van der Waals surface area contributed by atoms with Gasteiger partial charge >= 0.3 is 0 Å². The van der Waals surface area contributed by atoms with Gasteiger partial charge in [-0.25, -0.2) is 0 Å². The second kappa shape index (κ2) is 9.96. The van der Waals surface area contributed by atoms with Gasteiger partial charge in [-0.1, -0.05) is 61.0 Å². The zero-order valence-electron chi connectivity index (χ0n) is 20.1. The highest BCUT2D eigenvalue weighted by molar-refractivity contribution is 6.36. The van der Waals surface area contributed by atoms with Crippen molar-refractivity contribution < 1.29 is 14.3 Å². The third-order valence-electron chi connectivity index (χ3n) is 5.90. The summed E-state index contributed by atoms with van der Waals surface area (Å²) in [5, 5.41) is 3.29. The van der Waals surface area contributed by atoms with Crippen molar-refractivity contribution in [1.29, 1.82) is 0 Å². The Bertz CT molecular complexity index is 1240. The number of aryl methyl sites for hydroxylation is 3. The van der Waals surface area contributed by atoms with Crippen molar-refractivity contribution in [3.63, 3.8) is 0 Å². The number of benzene rings is 3.